The van der Waals surface area contributed by atoms with Gasteiger partial charge in [0, 0.05) is 24.6 Å². The maximum atomic E-state index is 12.5. The van der Waals surface area contributed by atoms with Crippen molar-refractivity contribution in [2.75, 3.05) is 0 Å². The SMILES string of the molecule is O=C(O)CCC(Cc1ccccc1)NCc1ccccc1OC(F)(F)F. The van der Waals surface area contributed by atoms with E-state index in [4.69, 9.17) is 5.11 Å². The molecule has 2 aromatic carbocycles. The predicted molar refractivity (Wildman–Crippen MR) is 90.8 cm³/mol. The lowest BCUT2D eigenvalue weighted by molar-refractivity contribution is -0.274. The molecular weight excluding hydrogens is 347 g/mol. The van der Waals surface area contributed by atoms with Crippen LogP contribution in [0.1, 0.15) is 24.0 Å². The molecule has 0 saturated carbocycles. The number of benzene rings is 2. The molecule has 0 aliphatic heterocycles. The minimum atomic E-state index is -4.76. The molecule has 0 saturated heterocycles. The molecule has 7 heteroatoms. The van der Waals surface area contributed by atoms with Crippen molar-refractivity contribution in [1.82, 2.24) is 5.32 Å². The largest absolute Gasteiger partial charge is 0.573 e. The van der Waals surface area contributed by atoms with Crippen LogP contribution in [0.5, 0.6) is 5.75 Å². The molecule has 26 heavy (non-hydrogen) atoms. The highest BCUT2D eigenvalue weighted by Gasteiger charge is 2.32. The van der Waals surface area contributed by atoms with Gasteiger partial charge >= 0.3 is 12.3 Å². The first kappa shape index (κ1) is 19.8. The van der Waals surface area contributed by atoms with Crippen LogP contribution in [0.25, 0.3) is 0 Å². The Kier molecular flexibility index (Phi) is 7.03. The highest BCUT2D eigenvalue weighted by molar-refractivity contribution is 5.66. The lowest BCUT2D eigenvalue weighted by atomic mass is 10.0. The smallest absolute Gasteiger partial charge is 0.481 e. The standard InChI is InChI=1S/C19H20F3NO3/c20-19(21,22)26-17-9-5-4-8-15(17)13-23-16(10-11-18(24)25)12-14-6-2-1-3-7-14/h1-9,16,23H,10-13H2,(H,24,25). The van der Waals surface area contributed by atoms with E-state index in [2.05, 4.69) is 10.1 Å². The average Bonchev–Trinajstić information content (AvgIpc) is 2.58. The van der Waals surface area contributed by atoms with E-state index >= 15 is 0 Å². The van der Waals surface area contributed by atoms with Gasteiger partial charge in [-0.2, -0.15) is 0 Å². The Bertz CT molecular complexity index is 705. The molecule has 2 rings (SSSR count). The fourth-order valence-corrected chi connectivity index (χ4v) is 2.60. The molecule has 1 unspecified atom stereocenters. The molecule has 0 aliphatic rings. The Labute approximate surface area is 149 Å². The minimum absolute atomic E-state index is 0.0226. The number of carboxylic acids is 1. The monoisotopic (exact) mass is 367 g/mol. The molecule has 0 aromatic heterocycles. The zero-order valence-electron chi connectivity index (χ0n) is 14.0. The van der Waals surface area contributed by atoms with Gasteiger partial charge in [0.2, 0.25) is 0 Å². The van der Waals surface area contributed by atoms with Crippen LogP contribution in [0.4, 0.5) is 13.2 Å². The lowest BCUT2D eigenvalue weighted by Crippen LogP contribution is -2.31. The molecule has 1 atom stereocenters. The molecular formula is C19H20F3NO3. The number of hydrogen-bond donors (Lipinski definition) is 2. The number of carboxylic acid groups (broad SMARTS) is 1. The van der Waals surface area contributed by atoms with Crippen molar-refractivity contribution in [3.8, 4) is 5.75 Å². The van der Waals surface area contributed by atoms with Crippen molar-refractivity contribution >= 4 is 5.97 Å². The van der Waals surface area contributed by atoms with Crippen molar-refractivity contribution in [1.29, 1.82) is 0 Å². The lowest BCUT2D eigenvalue weighted by Gasteiger charge is -2.20. The van der Waals surface area contributed by atoms with E-state index in [0.717, 1.165) is 5.56 Å². The predicted octanol–water partition coefficient (Wildman–Crippen LogP) is 4.15. The number of alkyl halides is 3. The molecule has 2 aromatic rings. The number of para-hydroxylation sites is 1. The van der Waals surface area contributed by atoms with E-state index in [1.807, 2.05) is 30.3 Å². The molecule has 4 nitrogen and oxygen atoms in total. The highest BCUT2D eigenvalue weighted by atomic mass is 19.4. The Hall–Kier alpha value is -2.54. The normalized spacial score (nSPS) is 12.6. The summed E-state index contributed by atoms with van der Waals surface area (Å²) in [6.07, 6.45) is -3.84. The number of carbonyl (C=O) groups is 1. The quantitative estimate of drug-likeness (QED) is 0.699. The van der Waals surface area contributed by atoms with Crippen LogP contribution in [0.2, 0.25) is 0 Å². The third-order valence-corrected chi connectivity index (χ3v) is 3.81. The Morgan fingerprint density at radius 1 is 1.08 bits per heavy atom. The highest BCUT2D eigenvalue weighted by Crippen LogP contribution is 2.26. The summed E-state index contributed by atoms with van der Waals surface area (Å²) >= 11 is 0. The first-order valence-corrected chi connectivity index (χ1v) is 8.16. The van der Waals surface area contributed by atoms with Crippen LogP contribution in [0.3, 0.4) is 0 Å². The molecule has 0 bridgehead atoms. The van der Waals surface area contributed by atoms with Gasteiger partial charge in [-0.15, -0.1) is 13.2 Å². The Morgan fingerprint density at radius 2 is 1.73 bits per heavy atom. The second kappa shape index (κ2) is 9.24. The summed E-state index contributed by atoms with van der Waals surface area (Å²) in [5.41, 5.74) is 1.38. The van der Waals surface area contributed by atoms with Crippen LogP contribution < -0.4 is 10.1 Å². The van der Waals surface area contributed by atoms with Crippen LogP contribution in [-0.2, 0) is 17.8 Å². The minimum Gasteiger partial charge on any atom is -0.481 e. The second-order valence-corrected chi connectivity index (χ2v) is 5.86. The summed E-state index contributed by atoms with van der Waals surface area (Å²) in [6, 6.07) is 15.2. The zero-order chi connectivity index (χ0) is 19.0. The molecule has 0 aliphatic carbocycles. The van der Waals surface area contributed by atoms with E-state index < -0.39 is 12.3 Å². The zero-order valence-corrected chi connectivity index (χ0v) is 14.0. The summed E-state index contributed by atoms with van der Waals surface area (Å²) in [6.45, 7) is 0.142. The number of halogens is 3. The van der Waals surface area contributed by atoms with Gasteiger partial charge in [-0.3, -0.25) is 4.79 Å². The number of hydrogen-bond acceptors (Lipinski definition) is 3. The van der Waals surface area contributed by atoms with E-state index in [1.165, 1.54) is 12.1 Å². The Balaban J connectivity index is 2.05. The van der Waals surface area contributed by atoms with Gasteiger partial charge in [-0.1, -0.05) is 48.5 Å². The van der Waals surface area contributed by atoms with E-state index in [1.54, 1.807) is 12.1 Å². The van der Waals surface area contributed by atoms with Gasteiger partial charge in [-0.05, 0) is 24.5 Å². The number of aliphatic carboxylic acids is 1. The van der Waals surface area contributed by atoms with Gasteiger partial charge in [-0.25, -0.2) is 0 Å². The first-order valence-electron chi connectivity index (χ1n) is 8.16. The molecule has 2 N–H and O–H groups in total. The summed E-state index contributed by atoms with van der Waals surface area (Å²) in [5, 5.41) is 12.1. The van der Waals surface area contributed by atoms with Gasteiger partial charge in [0.25, 0.3) is 0 Å². The summed E-state index contributed by atoms with van der Waals surface area (Å²) in [4.78, 5) is 10.9. The fourth-order valence-electron chi connectivity index (χ4n) is 2.60. The maximum Gasteiger partial charge on any atom is 0.573 e. The van der Waals surface area contributed by atoms with E-state index in [0.29, 0.717) is 18.4 Å². The maximum absolute atomic E-state index is 12.5. The number of nitrogens with one attached hydrogen (secondary N) is 1. The summed E-state index contributed by atoms with van der Waals surface area (Å²) in [7, 11) is 0. The topological polar surface area (TPSA) is 58.6 Å². The average molecular weight is 367 g/mol. The summed E-state index contributed by atoms with van der Waals surface area (Å²) < 4.78 is 41.6. The van der Waals surface area contributed by atoms with Crippen molar-refractivity contribution in [2.45, 2.75) is 38.2 Å². The van der Waals surface area contributed by atoms with E-state index in [9.17, 15) is 18.0 Å². The molecule has 0 radical (unpaired) electrons. The third kappa shape index (κ3) is 7.14. The van der Waals surface area contributed by atoms with Crippen molar-refractivity contribution in [3.05, 3.63) is 65.7 Å². The van der Waals surface area contributed by atoms with Crippen molar-refractivity contribution in [2.24, 2.45) is 0 Å². The second-order valence-electron chi connectivity index (χ2n) is 5.86. The Morgan fingerprint density at radius 3 is 2.38 bits per heavy atom. The van der Waals surface area contributed by atoms with Gasteiger partial charge in [0.15, 0.2) is 0 Å². The molecule has 0 spiro atoms. The van der Waals surface area contributed by atoms with Crippen LogP contribution in [-0.4, -0.2) is 23.5 Å². The van der Waals surface area contributed by atoms with Crippen molar-refractivity contribution < 1.29 is 27.8 Å². The molecule has 0 fully saturated rings. The van der Waals surface area contributed by atoms with Crippen molar-refractivity contribution in [3.63, 3.8) is 0 Å². The van der Waals surface area contributed by atoms with Crippen LogP contribution >= 0.6 is 0 Å². The third-order valence-electron chi connectivity index (χ3n) is 3.81. The van der Waals surface area contributed by atoms with Gasteiger partial charge < -0.3 is 15.2 Å². The van der Waals surface area contributed by atoms with Gasteiger partial charge in [0.1, 0.15) is 5.75 Å². The number of ether oxygens (including phenoxy) is 1. The van der Waals surface area contributed by atoms with Crippen LogP contribution in [0.15, 0.2) is 54.6 Å². The number of rotatable bonds is 9. The fraction of sp³-hybridized carbons (Fsp3) is 0.316. The summed E-state index contributed by atoms with van der Waals surface area (Å²) in [5.74, 6) is -1.17. The van der Waals surface area contributed by atoms with E-state index in [-0.39, 0.29) is 24.8 Å². The van der Waals surface area contributed by atoms with Gasteiger partial charge in [0.05, 0.1) is 0 Å². The molecule has 0 amide bonds. The molecule has 0 heterocycles. The molecule has 140 valence electrons. The first-order chi connectivity index (χ1) is 12.3. The van der Waals surface area contributed by atoms with Crippen LogP contribution in [0, 0.1) is 0 Å².